The number of carbonyl (C=O) groups excluding carboxylic acids is 1. The Labute approximate surface area is 159 Å². The van der Waals surface area contributed by atoms with E-state index in [0.717, 1.165) is 37.5 Å². The van der Waals surface area contributed by atoms with Crippen molar-refractivity contribution in [3.63, 3.8) is 0 Å². The second-order valence-corrected chi connectivity index (χ2v) is 14.4. The summed E-state index contributed by atoms with van der Waals surface area (Å²) in [5.41, 5.74) is 3.19. The quantitative estimate of drug-likeness (QED) is 0.511. The Kier molecular flexibility index (Phi) is 5.15. The van der Waals surface area contributed by atoms with E-state index >= 15 is 0 Å². The third-order valence-electron chi connectivity index (χ3n) is 7.13. The predicted molar refractivity (Wildman–Crippen MR) is 106 cm³/mol. The number of rotatable bonds is 5. The number of hydrogen-bond acceptors (Lipinski definition) is 4. The van der Waals surface area contributed by atoms with Crippen molar-refractivity contribution in [1.29, 1.82) is 0 Å². The lowest BCUT2D eigenvalue weighted by Gasteiger charge is -2.45. The molecule has 0 N–H and O–H groups in total. The first-order valence-corrected chi connectivity index (χ1v) is 12.8. The molecule has 1 aliphatic heterocycles. The van der Waals surface area contributed by atoms with Gasteiger partial charge in [-0.05, 0) is 54.1 Å². The Morgan fingerprint density at radius 2 is 1.92 bits per heavy atom. The molecular formula is C21H34O4Si. The number of ether oxygens (including phenoxy) is 2. The third kappa shape index (κ3) is 3.07. The maximum Gasteiger partial charge on any atom is 0.191 e. The van der Waals surface area contributed by atoms with Gasteiger partial charge in [-0.15, -0.1) is 0 Å². The van der Waals surface area contributed by atoms with E-state index in [1.165, 1.54) is 11.1 Å². The highest BCUT2D eigenvalue weighted by molar-refractivity contribution is 6.74. The van der Waals surface area contributed by atoms with Gasteiger partial charge in [0.25, 0.3) is 0 Å². The normalized spacial score (nSPS) is 28.5. The van der Waals surface area contributed by atoms with E-state index < -0.39 is 14.1 Å². The molecule has 1 saturated heterocycles. The van der Waals surface area contributed by atoms with Crippen LogP contribution in [0.4, 0.5) is 0 Å². The lowest BCUT2D eigenvalue weighted by Crippen LogP contribution is -2.47. The van der Waals surface area contributed by atoms with Crippen LogP contribution in [0.25, 0.3) is 0 Å². The van der Waals surface area contributed by atoms with Gasteiger partial charge in [0.2, 0.25) is 0 Å². The van der Waals surface area contributed by atoms with Crippen LogP contribution in [-0.2, 0) is 18.7 Å². The van der Waals surface area contributed by atoms with Gasteiger partial charge in [0.05, 0.1) is 13.2 Å². The summed E-state index contributed by atoms with van der Waals surface area (Å²) in [5.74, 6) is -0.526. The zero-order valence-electron chi connectivity index (χ0n) is 17.2. The average molecular weight is 379 g/mol. The highest BCUT2D eigenvalue weighted by atomic mass is 28.4. The van der Waals surface area contributed by atoms with E-state index in [1.807, 2.05) is 0 Å². The van der Waals surface area contributed by atoms with Crippen molar-refractivity contribution in [3.8, 4) is 0 Å². The van der Waals surface area contributed by atoms with Crippen molar-refractivity contribution in [2.45, 2.75) is 77.3 Å². The predicted octanol–water partition coefficient (Wildman–Crippen LogP) is 4.77. The smallest absolute Gasteiger partial charge is 0.191 e. The fourth-order valence-electron chi connectivity index (χ4n) is 4.32. The molecule has 0 aromatic rings. The van der Waals surface area contributed by atoms with Gasteiger partial charge >= 0.3 is 0 Å². The summed E-state index contributed by atoms with van der Waals surface area (Å²) >= 11 is 0. The first kappa shape index (κ1) is 20.0. The van der Waals surface area contributed by atoms with Gasteiger partial charge in [0, 0.05) is 18.4 Å². The largest absolute Gasteiger partial charge is 0.416 e. The molecule has 0 aromatic carbocycles. The van der Waals surface area contributed by atoms with Gasteiger partial charge < -0.3 is 13.9 Å². The van der Waals surface area contributed by atoms with Crippen molar-refractivity contribution in [3.05, 3.63) is 22.8 Å². The van der Waals surface area contributed by atoms with Crippen LogP contribution in [0.1, 0.15) is 53.4 Å². The zero-order chi connectivity index (χ0) is 19.2. The molecule has 0 amide bonds. The zero-order valence-corrected chi connectivity index (χ0v) is 18.2. The van der Waals surface area contributed by atoms with Gasteiger partial charge in [0.15, 0.2) is 14.1 Å². The van der Waals surface area contributed by atoms with Crippen LogP contribution in [0, 0.1) is 5.41 Å². The minimum Gasteiger partial charge on any atom is -0.416 e. The molecule has 2 aliphatic carbocycles. The number of aldehydes is 1. The molecule has 4 nitrogen and oxygen atoms in total. The summed E-state index contributed by atoms with van der Waals surface area (Å²) in [7, 11) is -1.79. The second-order valence-electron chi connectivity index (χ2n) is 9.58. The van der Waals surface area contributed by atoms with Crippen molar-refractivity contribution in [2.75, 3.05) is 19.8 Å². The first-order chi connectivity index (χ1) is 12.1. The summed E-state index contributed by atoms with van der Waals surface area (Å²) in [6.07, 6.45) is 6.55. The summed E-state index contributed by atoms with van der Waals surface area (Å²) < 4.78 is 18.6. The van der Waals surface area contributed by atoms with Crippen molar-refractivity contribution < 1.29 is 18.7 Å². The molecule has 0 radical (unpaired) electrons. The molecule has 1 fully saturated rings. The van der Waals surface area contributed by atoms with Gasteiger partial charge in [-0.3, -0.25) is 4.79 Å². The topological polar surface area (TPSA) is 44.8 Å². The number of allylic oxidation sites excluding steroid dienone is 1. The number of carbonyl (C=O) groups is 1. The fourth-order valence-corrected chi connectivity index (χ4v) is 5.37. The van der Waals surface area contributed by atoms with Crippen LogP contribution in [0.5, 0.6) is 0 Å². The van der Waals surface area contributed by atoms with Gasteiger partial charge in [0.1, 0.15) is 6.29 Å². The molecule has 1 atom stereocenters. The first-order valence-electron chi connectivity index (χ1n) is 9.86. The van der Waals surface area contributed by atoms with E-state index in [0.29, 0.717) is 19.8 Å². The molecule has 1 spiro atoms. The Morgan fingerprint density at radius 1 is 1.27 bits per heavy atom. The van der Waals surface area contributed by atoms with Crippen molar-refractivity contribution in [2.24, 2.45) is 5.41 Å². The lowest BCUT2D eigenvalue weighted by atomic mass is 9.67. The van der Waals surface area contributed by atoms with Gasteiger partial charge in [-0.25, -0.2) is 0 Å². The molecule has 0 unspecified atom stereocenters. The highest BCUT2D eigenvalue weighted by Gasteiger charge is 2.59. The number of hydrogen-bond donors (Lipinski definition) is 0. The monoisotopic (exact) mass is 378 g/mol. The van der Waals surface area contributed by atoms with Crippen LogP contribution in [0.2, 0.25) is 18.1 Å². The van der Waals surface area contributed by atoms with Crippen molar-refractivity contribution >= 4 is 14.6 Å². The Bertz CT molecular complexity index is 635. The minimum atomic E-state index is -1.79. The summed E-state index contributed by atoms with van der Waals surface area (Å²) in [6.45, 7) is 15.5. The summed E-state index contributed by atoms with van der Waals surface area (Å²) in [5, 5.41) is 0.193. The minimum absolute atomic E-state index is 0.164. The Morgan fingerprint density at radius 3 is 2.50 bits per heavy atom. The lowest BCUT2D eigenvalue weighted by molar-refractivity contribution is -0.212. The van der Waals surface area contributed by atoms with E-state index in [9.17, 15) is 4.79 Å². The summed E-state index contributed by atoms with van der Waals surface area (Å²) in [4.78, 5) is 11.7. The highest BCUT2D eigenvalue weighted by Crippen LogP contribution is 2.59. The molecule has 146 valence electrons. The van der Waals surface area contributed by atoms with E-state index in [-0.39, 0.29) is 10.5 Å². The average Bonchev–Trinajstić information content (AvgIpc) is 3.14. The molecule has 0 saturated carbocycles. The van der Waals surface area contributed by atoms with Crippen LogP contribution < -0.4 is 0 Å². The molecule has 1 heterocycles. The van der Waals surface area contributed by atoms with E-state index in [1.54, 1.807) is 0 Å². The Balaban J connectivity index is 1.79. The van der Waals surface area contributed by atoms with Gasteiger partial charge in [-0.2, -0.15) is 0 Å². The fraction of sp³-hybridized carbons (Fsp3) is 0.762. The molecule has 3 aliphatic rings. The SMILES string of the molecule is CC(C)(C)[Si](C)(C)OCCC1=C(C=O)CC[C@@]2(C)C1=CCC21OCCO1. The molecule has 5 heteroatoms. The van der Waals surface area contributed by atoms with E-state index in [2.05, 4.69) is 46.9 Å². The maximum atomic E-state index is 11.7. The third-order valence-corrected chi connectivity index (χ3v) is 11.7. The number of fused-ring (bicyclic) bond motifs is 2. The van der Waals surface area contributed by atoms with Crippen LogP contribution in [0.3, 0.4) is 0 Å². The van der Waals surface area contributed by atoms with Crippen LogP contribution in [0.15, 0.2) is 22.8 Å². The van der Waals surface area contributed by atoms with Gasteiger partial charge in [-0.1, -0.05) is 33.8 Å². The summed E-state index contributed by atoms with van der Waals surface area (Å²) in [6, 6.07) is 0. The molecule has 0 aromatic heterocycles. The molecular weight excluding hydrogens is 344 g/mol. The van der Waals surface area contributed by atoms with Crippen LogP contribution in [-0.4, -0.2) is 40.2 Å². The molecule has 0 bridgehead atoms. The van der Waals surface area contributed by atoms with E-state index in [4.69, 9.17) is 13.9 Å². The molecule has 26 heavy (non-hydrogen) atoms. The Hall–Kier alpha value is -0.753. The van der Waals surface area contributed by atoms with Crippen molar-refractivity contribution in [1.82, 2.24) is 0 Å². The standard InChI is InChI=1S/C21H34O4Si/c1-19(2,3)26(5,6)25-12-9-17-16(15-22)7-10-20(4)18(17)8-11-21(20)23-13-14-24-21/h8,15H,7,9-14H2,1-6H3/t20-/m0/s1. The second kappa shape index (κ2) is 6.69. The van der Waals surface area contributed by atoms with Crippen LogP contribution >= 0.6 is 0 Å². The molecule has 3 rings (SSSR count). The maximum absolute atomic E-state index is 11.7.